The molecule has 1 amide bonds. The van der Waals surface area contributed by atoms with Crippen molar-refractivity contribution in [1.82, 2.24) is 20.2 Å². The molecule has 0 spiro atoms. The van der Waals surface area contributed by atoms with Crippen molar-refractivity contribution >= 4 is 28.1 Å². The Morgan fingerprint density at radius 3 is 2.72 bits per heavy atom. The third kappa shape index (κ3) is 5.22. The number of nitrogens with zero attached hydrogens (tertiary/aromatic N) is 3. The second-order valence-corrected chi connectivity index (χ2v) is 9.72. The van der Waals surface area contributed by atoms with Crippen LogP contribution < -0.4 is 10.1 Å². The Labute approximate surface area is 212 Å². The van der Waals surface area contributed by atoms with Gasteiger partial charge in [0.15, 0.2) is 11.6 Å². The molecule has 1 saturated heterocycles. The summed E-state index contributed by atoms with van der Waals surface area (Å²) < 4.78 is 32.7. The standard InChI is InChI=1S/C27H26F2N4O2S/c1-17-26(36-16-32-17)25(15-31-27(34)21-4-2-6-24-20(21)5-3-11-30-24)33-12-9-18(10-13-33)35-19-7-8-22(28)23(29)14-19/h2-8,11,14,16,18,25H,9-10,12-13,15H2,1H3,(H,31,34). The van der Waals surface area contributed by atoms with E-state index in [4.69, 9.17) is 4.74 Å². The maximum atomic E-state index is 13.5. The number of rotatable bonds is 7. The summed E-state index contributed by atoms with van der Waals surface area (Å²) in [7, 11) is 0. The predicted molar refractivity (Wildman–Crippen MR) is 135 cm³/mol. The molecule has 1 unspecified atom stereocenters. The Morgan fingerprint density at radius 1 is 1.14 bits per heavy atom. The highest BCUT2D eigenvalue weighted by atomic mass is 32.1. The third-order valence-corrected chi connectivity index (χ3v) is 7.57. The molecule has 1 aliphatic heterocycles. The van der Waals surface area contributed by atoms with E-state index >= 15 is 0 Å². The molecule has 0 radical (unpaired) electrons. The number of benzene rings is 2. The van der Waals surface area contributed by atoms with E-state index in [1.54, 1.807) is 17.5 Å². The average Bonchev–Trinajstić information content (AvgIpc) is 3.32. The number of amides is 1. The number of thiazole rings is 1. The topological polar surface area (TPSA) is 67.4 Å². The van der Waals surface area contributed by atoms with Gasteiger partial charge in [0.25, 0.3) is 5.91 Å². The van der Waals surface area contributed by atoms with Gasteiger partial charge in [-0.25, -0.2) is 13.8 Å². The Hall–Kier alpha value is -3.43. The van der Waals surface area contributed by atoms with Crippen molar-refractivity contribution < 1.29 is 18.3 Å². The van der Waals surface area contributed by atoms with Crippen LogP contribution in [0.15, 0.2) is 60.2 Å². The van der Waals surface area contributed by atoms with Crippen LogP contribution >= 0.6 is 11.3 Å². The summed E-state index contributed by atoms with van der Waals surface area (Å²) in [5.74, 6) is -1.61. The first kappa shape index (κ1) is 24.3. The Kier molecular flexibility index (Phi) is 7.20. The number of aromatic nitrogens is 2. The van der Waals surface area contributed by atoms with Crippen molar-refractivity contribution in [2.45, 2.75) is 31.9 Å². The SMILES string of the molecule is Cc1ncsc1C(CNC(=O)c1cccc2ncccc12)N1CCC(Oc2ccc(F)c(F)c2)CC1. The van der Waals surface area contributed by atoms with Gasteiger partial charge in [-0.2, -0.15) is 0 Å². The number of fused-ring (bicyclic) bond motifs is 1. The molecule has 2 aromatic heterocycles. The van der Waals surface area contributed by atoms with Crippen molar-refractivity contribution in [3.63, 3.8) is 0 Å². The summed E-state index contributed by atoms with van der Waals surface area (Å²) in [6.07, 6.45) is 3.09. The smallest absolute Gasteiger partial charge is 0.252 e. The summed E-state index contributed by atoms with van der Waals surface area (Å²) in [4.78, 5) is 25.4. The number of aryl methyl sites for hydroxylation is 1. The van der Waals surface area contributed by atoms with E-state index in [0.717, 1.165) is 59.5 Å². The molecule has 36 heavy (non-hydrogen) atoms. The molecular formula is C27H26F2N4O2S. The number of halogens is 2. The number of nitrogens with one attached hydrogen (secondary N) is 1. The number of carbonyl (C=O) groups excluding carboxylic acids is 1. The zero-order valence-electron chi connectivity index (χ0n) is 19.8. The maximum absolute atomic E-state index is 13.5. The molecule has 1 N–H and O–H groups in total. The zero-order valence-corrected chi connectivity index (χ0v) is 20.6. The predicted octanol–water partition coefficient (Wildman–Crippen LogP) is 5.29. The van der Waals surface area contributed by atoms with Crippen molar-refractivity contribution in [2.75, 3.05) is 19.6 Å². The molecular weight excluding hydrogens is 482 g/mol. The quantitative estimate of drug-likeness (QED) is 0.367. The first-order valence-electron chi connectivity index (χ1n) is 11.9. The normalized spacial score (nSPS) is 15.6. The molecule has 3 heterocycles. The van der Waals surface area contributed by atoms with Gasteiger partial charge in [-0.1, -0.05) is 12.1 Å². The molecule has 1 fully saturated rings. The zero-order chi connectivity index (χ0) is 25.1. The number of hydrogen-bond acceptors (Lipinski definition) is 6. The molecule has 9 heteroatoms. The molecule has 1 aliphatic rings. The van der Waals surface area contributed by atoms with Crippen LogP contribution in [0.3, 0.4) is 0 Å². The Morgan fingerprint density at radius 2 is 1.97 bits per heavy atom. The van der Waals surface area contributed by atoms with Crippen LogP contribution in [0.1, 0.15) is 39.8 Å². The van der Waals surface area contributed by atoms with E-state index in [1.165, 1.54) is 6.07 Å². The summed E-state index contributed by atoms with van der Waals surface area (Å²) in [6, 6.07) is 12.9. The highest BCUT2D eigenvalue weighted by Crippen LogP contribution is 2.31. The van der Waals surface area contributed by atoms with Gasteiger partial charge < -0.3 is 10.1 Å². The monoisotopic (exact) mass is 508 g/mol. The van der Waals surface area contributed by atoms with Crippen molar-refractivity contribution in [3.8, 4) is 5.75 Å². The van der Waals surface area contributed by atoms with Crippen molar-refractivity contribution in [3.05, 3.63) is 88.0 Å². The minimum atomic E-state index is -0.914. The molecule has 0 saturated carbocycles. The van der Waals surface area contributed by atoms with E-state index in [2.05, 4.69) is 20.2 Å². The summed E-state index contributed by atoms with van der Waals surface area (Å²) in [6.45, 7) is 3.90. The van der Waals surface area contributed by atoms with Gasteiger partial charge in [-0.3, -0.25) is 14.7 Å². The number of hydrogen-bond donors (Lipinski definition) is 1. The minimum absolute atomic E-state index is 0.0289. The van der Waals surface area contributed by atoms with Crippen LogP contribution in [0.2, 0.25) is 0 Å². The molecule has 186 valence electrons. The lowest BCUT2D eigenvalue weighted by atomic mass is 10.0. The summed E-state index contributed by atoms with van der Waals surface area (Å²) in [5, 5.41) is 3.95. The lowest BCUT2D eigenvalue weighted by Gasteiger charge is -2.37. The van der Waals surface area contributed by atoms with Crippen LogP contribution in [0.25, 0.3) is 10.9 Å². The lowest BCUT2D eigenvalue weighted by molar-refractivity contribution is 0.0719. The van der Waals surface area contributed by atoms with Gasteiger partial charge in [0, 0.05) is 47.7 Å². The van der Waals surface area contributed by atoms with Gasteiger partial charge in [-0.15, -0.1) is 11.3 Å². The van der Waals surface area contributed by atoms with Gasteiger partial charge in [0.2, 0.25) is 0 Å². The van der Waals surface area contributed by atoms with E-state index in [1.807, 2.05) is 42.8 Å². The molecule has 2 aromatic carbocycles. The van der Waals surface area contributed by atoms with Gasteiger partial charge in [0.05, 0.1) is 22.8 Å². The molecule has 4 aromatic rings. The third-order valence-electron chi connectivity index (χ3n) is 6.54. The van der Waals surface area contributed by atoms with Crippen molar-refractivity contribution in [2.24, 2.45) is 0 Å². The maximum Gasteiger partial charge on any atom is 0.252 e. The molecule has 0 bridgehead atoms. The first-order chi connectivity index (χ1) is 17.5. The van der Waals surface area contributed by atoms with Gasteiger partial charge >= 0.3 is 0 Å². The lowest BCUT2D eigenvalue weighted by Crippen LogP contribution is -2.44. The first-order valence-corrected chi connectivity index (χ1v) is 12.8. The van der Waals surface area contributed by atoms with Crippen LogP contribution in [-0.2, 0) is 0 Å². The summed E-state index contributed by atoms with van der Waals surface area (Å²) >= 11 is 1.59. The molecule has 5 rings (SSSR count). The van der Waals surface area contributed by atoms with Crippen LogP contribution in [0.4, 0.5) is 8.78 Å². The van der Waals surface area contributed by atoms with E-state index in [-0.39, 0.29) is 18.1 Å². The highest BCUT2D eigenvalue weighted by molar-refractivity contribution is 7.09. The molecule has 0 aliphatic carbocycles. The fourth-order valence-corrected chi connectivity index (χ4v) is 5.59. The Bertz CT molecular complexity index is 1370. The Balaban J connectivity index is 1.27. The number of likely N-dealkylation sites (tertiary alicyclic amines) is 1. The average molecular weight is 509 g/mol. The number of ether oxygens (including phenoxy) is 1. The van der Waals surface area contributed by atoms with E-state index in [0.29, 0.717) is 17.9 Å². The number of piperidine rings is 1. The minimum Gasteiger partial charge on any atom is -0.490 e. The van der Waals surface area contributed by atoms with Crippen molar-refractivity contribution in [1.29, 1.82) is 0 Å². The fraction of sp³-hybridized carbons (Fsp3) is 0.296. The highest BCUT2D eigenvalue weighted by Gasteiger charge is 2.29. The van der Waals surface area contributed by atoms with Crippen LogP contribution in [0.5, 0.6) is 5.75 Å². The largest absolute Gasteiger partial charge is 0.490 e. The number of pyridine rings is 1. The van der Waals surface area contributed by atoms with Crippen LogP contribution in [0, 0.1) is 18.6 Å². The van der Waals surface area contributed by atoms with Gasteiger partial charge in [0.1, 0.15) is 11.9 Å². The van der Waals surface area contributed by atoms with E-state index in [9.17, 15) is 13.6 Å². The summed E-state index contributed by atoms with van der Waals surface area (Å²) in [5.41, 5.74) is 4.16. The molecule has 6 nitrogen and oxygen atoms in total. The van der Waals surface area contributed by atoms with E-state index < -0.39 is 11.6 Å². The fourth-order valence-electron chi connectivity index (χ4n) is 4.65. The van der Waals surface area contributed by atoms with Crippen LogP contribution in [-0.4, -0.2) is 46.5 Å². The second-order valence-electron chi connectivity index (χ2n) is 8.83. The molecule has 1 atom stereocenters. The second kappa shape index (κ2) is 10.7. The van der Waals surface area contributed by atoms with Gasteiger partial charge in [-0.05, 0) is 50.1 Å². The number of carbonyl (C=O) groups is 1.